The highest BCUT2D eigenvalue weighted by molar-refractivity contribution is 5.68. The average Bonchev–Trinajstić information content (AvgIpc) is 2.91. The molecule has 2 heterocycles. The van der Waals surface area contributed by atoms with Gasteiger partial charge in [-0.1, -0.05) is 0 Å². The monoisotopic (exact) mass is 338 g/mol. The fourth-order valence-corrected chi connectivity index (χ4v) is 2.85. The summed E-state index contributed by atoms with van der Waals surface area (Å²) in [5, 5.41) is 3.45. The van der Waals surface area contributed by atoms with Crippen molar-refractivity contribution >= 4 is 6.09 Å². The number of rotatable bonds is 5. The zero-order chi connectivity index (χ0) is 17.8. The Morgan fingerprint density at radius 2 is 2.04 bits per heavy atom. The van der Waals surface area contributed by atoms with E-state index in [1.807, 2.05) is 38.6 Å². The van der Waals surface area contributed by atoms with E-state index in [0.29, 0.717) is 13.1 Å². The normalized spacial score (nSPS) is 17.8. The maximum atomic E-state index is 12.2. The molecular weight excluding hydrogens is 308 g/mol. The van der Waals surface area contributed by atoms with Gasteiger partial charge < -0.3 is 24.3 Å². The number of amides is 1. The molecule has 1 aromatic heterocycles. The second kappa shape index (κ2) is 7.53. The Balaban J connectivity index is 1.82. The van der Waals surface area contributed by atoms with Crippen LogP contribution in [-0.4, -0.2) is 58.5 Å². The standard InChI is InChI=1S/C17H30N4O3/c1-16(2,3)24-15(22)21-8-6-17(23-5,7-9-21)12-18-10-14-11-19-13-20(14)4/h11,13,18H,6-10,12H2,1-5H3. The molecule has 1 aliphatic rings. The van der Waals surface area contributed by atoms with Crippen molar-refractivity contribution in [3.8, 4) is 0 Å². The second-order valence-electron chi connectivity index (χ2n) is 7.45. The summed E-state index contributed by atoms with van der Waals surface area (Å²) in [5.74, 6) is 0. The Morgan fingerprint density at radius 1 is 1.38 bits per heavy atom. The van der Waals surface area contributed by atoms with E-state index in [1.54, 1.807) is 18.3 Å². The van der Waals surface area contributed by atoms with E-state index >= 15 is 0 Å². The van der Waals surface area contributed by atoms with E-state index in [1.165, 1.54) is 0 Å². The number of ether oxygens (including phenoxy) is 2. The summed E-state index contributed by atoms with van der Waals surface area (Å²) in [6, 6.07) is 0. The van der Waals surface area contributed by atoms with Gasteiger partial charge in [0.2, 0.25) is 0 Å². The topological polar surface area (TPSA) is 68.6 Å². The van der Waals surface area contributed by atoms with Gasteiger partial charge in [0, 0.05) is 46.5 Å². The third-order valence-electron chi connectivity index (χ3n) is 4.43. The molecule has 1 amide bonds. The van der Waals surface area contributed by atoms with Gasteiger partial charge in [-0.25, -0.2) is 9.78 Å². The molecule has 1 aliphatic heterocycles. The van der Waals surface area contributed by atoms with Crippen molar-refractivity contribution in [2.24, 2.45) is 7.05 Å². The Morgan fingerprint density at radius 3 is 2.54 bits per heavy atom. The molecule has 0 radical (unpaired) electrons. The van der Waals surface area contributed by atoms with Crippen LogP contribution in [0.2, 0.25) is 0 Å². The molecule has 0 saturated carbocycles. The fourth-order valence-electron chi connectivity index (χ4n) is 2.85. The van der Waals surface area contributed by atoms with Crippen LogP contribution in [0, 0.1) is 0 Å². The van der Waals surface area contributed by atoms with Gasteiger partial charge in [0.1, 0.15) is 5.60 Å². The third kappa shape index (κ3) is 4.95. The number of imidazole rings is 1. The molecule has 24 heavy (non-hydrogen) atoms. The van der Waals surface area contributed by atoms with Crippen molar-refractivity contribution in [3.63, 3.8) is 0 Å². The minimum absolute atomic E-state index is 0.239. The molecular formula is C17H30N4O3. The lowest BCUT2D eigenvalue weighted by Crippen LogP contribution is -2.53. The number of piperidine rings is 1. The number of nitrogens with one attached hydrogen (secondary N) is 1. The van der Waals surface area contributed by atoms with Crippen LogP contribution in [-0.2, 0) is 23.1 Å². The van der Waals surface area contributed by atoms with E-state index in [4.69, 9.17) is 9.47 Å². The van der Waals surface area contributed by atoms with E-state index in [2.05, 4.69) is 10.3 Å². The van der Waals surface area contributed by atoms with Gasteiger partial charge >= 0.3 is 6.09 Å². The highest BCUT2D eigenvalue weighted by Gasteiger charge is 2.36. The summed E-state index contributed by atoms with van der Waals surface area (Å²) in [6.07, 6.45) is 5.00. The molecule has 0 aromatic carbocycles. The maximum Gasteiger partial charge on any atom is 0.410 e. The number of hydrogen-bond acceptors (Lipinski definition) is 5. The predicted molar refractivity (Wildman–Crippen MR) is 91.7 cm³/mol. The van der Waals surface area contributed by atoms with E-state index in [9.17, 15) is 4.79 Å². The molecule has 0 bridgehead atoms. The van der Waals surface area contributed by atoms with Crippen LogP contribution in [0.15, 0.2) is 12.5 Å². The van der Waals surface area contributed by atoms with E-state index in [-0.39, 0.29) is 11.7 Å². The summed E-state index contributed by atoms with van der Waals surface area (Å²) < 4.78 is 13.2. The molecule has 0 unspecified atom stereocenters. The Labute approximate surface area is 144 Å². The molecule has 7 heteroatoms. The van der Waals surface area contributed by atoms with Crippen LogP contribution < -0.4 is 5.32 Å². The zero-order valence-electron chi connectivity index (χ0n) is 15.5. The minimum atomic E-state index is -0.461. The lowest BCUT2D eigenvalue weighted by molar-refractivity contribution is -0.0589. The van der Waals surface area contributed by atoms with Crippen LogP contribution in [0.4, 0.5) is 4.79 Å². The van der Waals surface area contributed by atoms with Gasteiger partial charge in [-0.2, -0.15) is 0 Å². The first-order valence-corrected chi connectivity index (χ1v) is 8.44. The van der Waals surface area contributed by atoms with Crippen LogP contribution >= 0.6 is 0 Å². The molecule has 0 spiro atoms. The first-order chi connectivity index (χ1) is 11.2. The van der Waals surface area contributed by atoms with Crippen LogP contribution in [0.25, 0.3) is 0 Å². The molecule has 0 aliphatic carbocycles. The fraction of sp³-hybridized carbons (Fsp3) is 0.765. The van der Waals surface area contributed by atoms with Gasteiger partial charge in [-0.3, -0.25) is 0 Å². The summed E-state index contributed by atoms with van der Waals surface area (Å²) in [5.41, 5.74) is 0.432. The van der Waals surface area contributed by atoms with Crippen molar-refractivity contribution in [1.82, 2.24) is 19.8 Å². The zero-order valence-corrected chi connectivity index (χ0v) is 15.5. The van der Waals surface area contributed by atoms with E-state index < -0.39 is 5.60 Å². The lowest BCUT2D eigenvalue weighted by Gasteiger charge is -2.41. The van der Waals surface area contributed by atoms with Crippen molar-refractivity contribution in [1.29, 1.82) is 0 Å². The lowest BCUT2D eigenvalue weighted by atomic mass is 9.91. The Bertz CT molecular complexity index is 542. The quantitative estimate of drug-likeness (QED) is 0.888. The largest absolute Gasteiger partial charge is 0.444 e. The SMILES string of the molecule is COC1(CNCc2cncn2C)CCN(C(=O)OC(C)(C)C)CC1. The second-order valence-corrected chi connectivity index (χ2v) is 7.45. The van der Waals surface area contributed by atoms with Gasteiger partial charge in [-0.15, -0.1) is 0 Å². The first kappa shape index (κ1) is 18.7. The number of aromatic nitrogens is 2. The van der Waals surface area contributed by atoms with Crippen molar-refractivity contribution in [2.75, 3.05) is 26.7 Å². The summed E-state index contributed by atoms with van der Waals surface area (Å²) in [7, 11) is 3.73. The summed E-state index contributed by atoms with van der Waals surface area (Å²) >= 11 is 0. The summed E-state index contributed by atoms with van der Waals surface area (Å²) in [4.78, 5) is 18.0. The summed E-state index contributed by atoms with van der Waals surface area (Å²) in [6.45, 7) is 8.45. The molecule has 1 saturated heterocycles. The number of hydrogen-bond donors (Lipinski definition) is 1. The molecule has 1 aromatic rings. The van der Waals surface area contributed by atoms with Crippen LogP contribution in [0.5, 0.6) is 0 Å². The van der Waals surface area contributed by atoms with Crippen molar-refractivity contribution in [3.05, 3.63) is 18.2 Å². The van der Waals surface area contributed by atoms with Crippen molar-refractivity contribution < 1.29 is 14.3 Å². The molecule has 1 N–H and O–H groups in total. The Hall–Kier alpha value is -1.60. The average molecular weight is 338 g/mol. The molecule has 0 atom stereocenters. The van der Waals surface area contributed by atoms with Gasteiger partial charge in [-0.05, 0) is 33.6 Å². The highest BCUT2D eigenvalue weighted by Crippen LogP contribution is 2.26. The predicted octanol–water partition coefficient (Wildman–Crippen LogP) is 1.93. The number of methoxy groups -OCH3 is 1. The number of nitrogens with zero attached hydrogens (tertiary/aromatic N) is 3. The van der Waals surface area contributed by atoms with Crippen LogP contribution in [0.3, 0.4) is 0 Å². The molecule has 7 nitrogen and oxygen atoms in total. The highest BCUT2D eigenvalue weighted by atomic mass is 16.6. The van der Waals surface area contributed by atoms with Crippen LogP contribution in [0.1, 0.15) is 39.3 Å². The number of carbonyl (C=O) groups is 1. The number of carbonyl (C=O) groups excluding carboxylic acids is 1. The minimum Gasteiger partial charge on any atom is -0.444 e. The van der Waals surface area contributed by atoms with Gasteiger partial charge in [0.05, 0.1) is 17.6 Å². The molecule has 1 fully saturated rings. The van der Waals surface area contributed by atoms with E-state index in [0.717, 1.165) is 31.6 Å². The smallest absolute Gasteiger partial charge is 0.410 e. The molecule has 2 rings (SSSR count). The Kier molecular flexibility index (Phi) is 5.87. The van der Waals surface area contributed by atoms with Crippen molar-refractivity contribution in [2.45, 2.75) is 51.4 Å². The maximum absolute atomic E-state index is 12.2. The van der Waals surface area contributed by atoms with Gasteiger partial charge in [0.25, 0.3) is 0 Å². The number of likely N-dealkylation sites (tertiary alicyclic amines) is 1. The third-order valence-corrected chi connectivity index (χ3v) is 4.43. The van der Waals surface area contributed by atoms with Gasteiger partial charge in [0.15, 0.2) is 0 Å². The first-order valence-electron chi connectivity index (χ1n) is 8.44. The number of aryl methyl sites for hydroxylation is 1. The molecule has 136 valence electrons.